The fourth-order valence-electron chi connectivity index (χ4n) is 3.69. The number of amides is 2. The summed E-state index contributed by atoms with van der Waals surface area (Å²) in [6, 6.07) is 10.1. The van der Waals surface area contributed by atoms with Crippen molar-refractivity contribution in [1.82, 2.24) is 10.2 Å². The van der Waals surface area contributed by atoms with Gasteiger partial charge in [0.1, 0.15) is 6.04 Å². The maximum absolute atomic E-state index is 13.1. The number of rotatable bonds is 9. The van der Waals surface area contributed by atoms with Gasteiger partial charge in [0.2, 0.25) is 11.8 Å². The lowest BCUT2D eigenvalue weighted by atomic mass is 9.89. The maximum Gasteiger partial charge on any atom is 0.245 e. The molecule has 2 unspecified atom stereocenters. The number of nitrogens with one attached hydrogen (secondary N) is 1. The van der Waals surface area contributed by atoms with Gasteiger partial charge in [0.05, 0.1) is 0 Å². The molecule has 0 aliphatic carbocycles. The van der Waals surface area contributed by atoms with Crippen LogP contribution in [0.3, 0.4) is 0 Å². The summed E-state index contributed by atoms with van der Waals surface area (Å²) in [6.45, 7) is 6.14. The monoisotopic (exact) mass is 373 g/mol. The van der Waals surface area contributed by atoms with E-state index in [9.17, 15) is 9.59 Å². The fourth-order valence-corrected chi connectivity index (χ4v) is 3.69. The van der Waals surface area contributed by atoms with E-state index in [-0.39, 0.29) is 17.7 Å². The molecule has 1 aromatic carbocycles. The van der Waals surface area contributed by atoms with Crippen molar-refractivity contribution in [1.29, 1.82) is 0 Å². The van der Waals surface area contributed by atoms with Gasteiger partial charge in [-0.2, -0.15) is 0 Å². The van der Waals surface area contributed by atoms with E-state index in [1.807, 2.05) is 17.9 Å². The van der Waals surface area contributed by atoms with E-state index < -0.39 is 6.04 Å². The Morgan fingerprint density at radius 1 is 1.22 bits per heavy atom. The number of carbonyl (C=O) groups is 2. The Balaban J connectivity index is 1.89. The highest BCUT2D eigenvalue weighted by Crippen LogP contribution is 2.23. The fraction of sp³-hybridized carbons (Fsp3) is 0.636. The van der Waals surface area contributed by atoms with Crippen LogP contribution in [-0.4, -0.2) is 42.4 Å². The molecule has 1 heterocycles. The normalized spacial score (nSPS) is 17.4. The zero-order chi connectivity index (χ0) is 19.6. The lowest BCUT2D eigenvalue weighted by Gasteiger charge is -2.36. The molecule has 0 aromatic heterocycles. The summed E-state index contributed by atoms with van der Waals surface area (Å²) < 4.78 is 0. The van der Waals surface area contributed by atoms with Crippen LogP contribution < -0.4 is 11.1 Å². The van der Waals surface area contributed by atoms with Crippen LogP contribution in [0.2, 0.25) is 0 Å². The molecule has 1 aliphatic heterocycles. The Kier molecular flexibility index (Phi) is 8.79. The third kappa shape index (κ3) is 6.65. The number of piperidine rings is 1. The van der Waals surface area contributed by atoms with Gasteiger partial charge in [0, 0.05) is 19.5 Å². The van der Waals surface area contributed by atoms with Crippen molar-refractivity contribution in [2.45, 2.75) is 58.4 Å². The summed E-state index contributed by atoms with van der Waals surface area (Å²) in [6.07, 6.45) is 5.02. The Bertz CT molecular complexity index is 582. The minimum absolute atomic E-state index is 0.0712. The smallest absolute Gasteiger partial charge is 0.245 e. The van der Waals surface area contributed by atoms with Crippen molar-refractivity contribution < 1.29 is 9.59 Å². The molecule has 0 spiro atoms. The Hall–Kier alpha value is -1.88. The van der Waals surface area contributed by atoms with Crippen molar-refractivity contribution in [2.75, 3.05) is 19.6 Å². The molecule has 27 heavy (non-hydrogen) atoms. The van der Waals surface area contributed by atoms with E-state index >= 15 is 0 Å². The van der Waals surface area contributed by atoms with Gasteiger partial charge in [-0.15, -0.1) is 0 Å². The first-order valence-electron chi connectivity index (χ1n) is 10.4. The number of likely N-dealkylation sites (tertiary alicyclic amines) is 1. The van der Waals surface area contributed by atoms with Crippen LogP contribution in [0.25, 0.3) is 0 Å². The molecule has 1 aromatic rings. The number of nitrogens with zero attached hydrogens (tertiary/aromatic N) is 1. The Morgan fingerprint density at radius 2 is 1.89 bits per heavy atom. The summed E-state index contributed by atoms with van der Waals surface area (Å²) >= 11 is 0. The molecule has 150 valence electrons. The molecule has 2 amide bonds. The van der Waals surface area contributed by atoms with E-state index in [2.05, 4.69) is 36.5 Å². The molecule has 1 aliphatic rings. The van der Waals surface area contributed by atoms with Crippen LogP contribution >= 0.6 is 0 Å². The number of benzene rings is 1. The highest BCUT2D eigenvalue weighted by Gasteiger charge is 2.32. The SMILES string of the molecule is CCC(C)C(NC(=O)CCCN)C(=O)N1CCC(Cc2ccccc2)CC1. The van der Waals surface area contributed by atoms with Crippen molar-refractivity contribution in [3.05, 3.63) is 35.9 Å². The predicted octanol–water partition coefficient (Wildman–Crippen LogP) is 2.74. The lowest BCUT2D eigenvalue weighted by molar-refractivity contribution is -0.139. The van der Waals surface area contributed by atoms with Gasteiger partial charge in [-0.1, -0.05) is 50.6 Å². The zero-order valence-electron chi connectivity index (χ0n) is 16.8. The van der Waals surface area contributed by atoms with Gasteiger partial charge in [-0.25, -0.2) is 0 Å². The first kappa shape index (κ1) is 21.4. The number of nitrogens with two attached hydrogens (primary N) is 1. The molecule has 2 atom stereocenters. The van der Waals surface area contributed by atoms with Crippen molar-refractivity contribution in [2.24, 2.45) is 17.6 Å². The lowest BCUT2D eigenvalue weighted by Crippen LogP contribution is -2.53. The molecule has 0 bridgehead atoms. The van der Waals surface area contributed by atoms with Gasteiger partial charge in [-0.05, 0) is 49.6 Å². The standard InChI is InChI=1S/C22H35N3O2/c1-3-17(2)21(24-20(26)10-7-13-23)22(27)25-14-11-19(12-15-25)16-18-8-5-4-6-9-18/h4-6,8-9,17,19,21H,3,7,10-16,23H2,1-2H3,(H,24,26). The summed E-state index contributed by atoms with van der Waals surface area (Å²) in [5, 5.41) is 2.96. The largest absolute Gasteiger partial charge is 0.344 e. The highest BCUT2D eigenvalue weighted by molar-refractivity contribution is 5.88. The van der Waals surface area contributed by atoms with Gasteiger partial charge in [0.25, 0.3) is 0 Å². The maximum atomic E-state index is 13.1. The average Bonchev–Trinajstić information content (AvgIpc) is 2.70. The summed E-state index contributed by atoms with van der Waals surface area (Å²) in [5.41, 5.74) is 6.85. The van der Waals surface area contributed by atoms with Crippen LogP contribution in [-0.2, 0) is 16.0 Å². The van der Waals surface area contributed by atoms with Gasteiger partial charge in [0.15, 0.2) is 0 Å². The third-order valence-corrected chi connectivity index (χ3v) is 5.70. The van der Waals surface area contributed by atoms with Crippen molar-refractivity contribution in [3.8, 4) is 0 Å². The molecular weight excluding hydrogens is 338 g/mol. The molecule has 2 rings (SSSR count). The molecule has 5 heteroatoms. The molecule has 1 saturated heterocycles. The second kappa shape index (κ2) is 11.1. The minimum Gasteiger partial charge on any atom is -0.344 e. The van der Waals surface area contributed by atoms with E-state index in [4.69, 9.17) is 5.73 Å². The van der Waals surface area contributed by atoms with Crippen molar-refractivity contribution >= 4 is 11.8 Å². The summed E-state index contributed by atoms with van der Waals surface area (Å²) in [5.74, 6) is 0.751. The van der Waals surface area contributed by atoms with Crippen LogP contribution in [0, 0.1) is 11.8 Å². The first-order valence-corrected chi connectivity index (χ1v) is 10.4. The molecule has 5 nitrogen and oxygen atoms in total. The second-order valence-corrected chi connectivity index (χ2v) is 7.78. The molecule has 0 saturated carbocycles. The molecule has 3 N–H and O–H groups in total. The number of carbonyl (C=O) groups excluding carboxylic acids is 2. The van der Waals surface area contributed by atoms with E-state index in [0.717, 1.165) is 38.8 Å². The van der Waals surface area contributed by atoms with E-state index in [0.29, 0.717) is 25.3 Å². The first-order chi connectivity index (χ1) is 13.0. The van der Waals surface area contributed by atoms with Crippen LogP contribution in [0.15, 0.2) is 30.3 Å². The predicted molar refractivity (Wildman–Crippen MR) is 109 cm³/mol. The van der Waals surface area contributed by atoms with Crippen LogP contribution in [0.5, 0.6) is 0 Å². The van der Waals surface area contributed by atoms with Crippen LogP contribution in [0.1, 0.15) is 51.5 Å². The number of hydrogen-bond acceptors (Lipinski definition) is 3. The average molecular weight is 374 g/mol. The van der Waals surface area contributed by atoms with Crippen LogP contribution in [0.4, 0.5) is 0 Å². The number of hydrogen-bond donors (Lipinski definition) is 2. The highest BCUT2D eigenvalue weighted by atomic mass is 16.2. The van der Waals surface area contributed by atoms with Crippen molar-refractivity contribution in [3.63, 3.8) is 0 Å². The molecule has 1 fully saturated rings. The Labute approximate surface area is 163 Å². The summed E-state index contributed by atoms with van der Waals surface area (Å²) in [7, 11) is 0. The Morgan fingerprint density at radius 3 is 2.48 bits per heavy atom. The van der Waals surface area contributed by atoms with E-state index in [1.165, 1.54) is 5.56 Å². The zero-order valence-corrected chi connectivity index (χ0v) is 16.8. The quantitative estimate of drug-likeness (QED) is 0.699. The minimum atomic E-state index is -0.425. The topological polar surface area (TPSA) is 75.4 Å². The van der Waals surface area contributed by atoms with Gasteiger partial charge in [-0.3, -0.25) is 9.59 Å². The summed E-state index contributed by atoms with van der Waals surface area (Å²) in [4.78, 5) is 27.1. The second-order valence-electron chi connectivity index (χ2n) is 7.78. The van der Waals surface area contributed by atoms with Gasteiger partial charge >= 0.3 is 0 Å². The third-order valence-electron chi connectivity index (χ3n) is 5.70. The van der Waals surface area contributed by atoms with E-state index in [1.54, 1.807) is 0 Å². The molecular formula is C22H35N3O2. The molecule has 0 radical (unpaired) electrons. The van der Waals surface area contributed by atoms with Gasteiger partial charge < -0.3 is 16.0 Å².